The molecular weight excluding hydrogens is 234 g/mol. The monoisotopic (exact) mass is 247 g/mol. The Morgan fingerprint density at radius 1 is 1.60 bits per heavy atom. The molecule has 0 aliphatic heterocycles. The molecule has 0 saturated heterocycles. The molecule has 0 radical (unpaired) electrons. The number of nitrogens with zero attached hydrogens (tertiary/aromatic N) is 1. The minimum absolute atomic E-state index is 0.0165. The molecule has 1 heterocycles. The average molecular weight is 247 g/mol. The van der Waals surface area contributed by atoms with Crippen LogP contribution in [0.2, 0.25) is 0 Å². The molecule has 1 aliphatic carbocycles. The Bertz CT molecular complexity index is 464. The molecule has 0 saturated carbocycles. The van der Waals surface area contributed by atoms with Crippen LogP contribution in [0.4, 0.5) is 0 Å². The molecule has 0 bridgehead atoms. The maximum absolute atomic E-state index is 11.1. The molecule has 4 nitrogen and oxygen atoms in total. The van der Waals surface area contributed by atoms with E-state index >= 15 is 0 Å². The molecule has 2 rings (SSSR count). The van der Waals surface area contributed by atoms with Crippen LogP contribution in [0.5, 0.6) is 0 Å². The molecule has 15 heavy (non-hydrogen) atoms. The molecule has 6 heteroatoms. The average Bonchev–Trinajstić information content (AvgIpc) is 2.45. The van der Waals surface area contributed by atoms with Gasteiger partial charge in [-0.15, -0.1) is 11.3 Å². The van der Waals surface area contributed by atoms with Crippen LogP contribution in [0, 0.1) is 0 Å². The number of sulfone groups is 1. The van der Waals surface area contributed by atoms with E-state index in [4.69, 9.17) is 0 Å². The zero-order chi connectivity index (χ0) is 11.1. The van der Waals surface area contributed by atoms with Crippen molar-refractivity contribution < 1.29 is 13.5 Å². The summed E-state index contributed by atoms with van der Waals surface area (Å²) in [6.07, 6.45) is 3.29. The van der Waals surface area contributed by atoms with Crippen molar-refractivity contribution in [1.29, 1.82) is 0 Å². The van der Waals surface area contributed by atoms with Gasteiger partial charge in [-0.3, -0.25) is 0 Å². The lowest BCUT2D eigenvalue weighted by Crippen LogP contribution is -2.06. The lowest BCUT2D eigenvalue weighted by molar-refractivity contribution is 0.160. The van der Waals surface area contributed by atoms with E-state index in [9.17, 15) is 13.5 Å². The number of thiazole rings is 1. The van der Waals surface area contributed by atoms with Crippen LogP contribution in [-0.4, -0.2) is 24.8 Å². The van der Waals surface area contributed by atoms with Crippen LogP contribution in [0.1, 0.15) is 34.5 Å². The smallest absolute Gasteiger partial charge is 0.153 e. The molecule has 1 aliphatic rings. The highest BCUT2D eigenvalue weighted by molar-refractivity contribution is 7.90. The van der Waals surface area contributed by atoms with Gasteiger partial charge in [0.05, 0.1) is 16.7 Å². The third kappa shape index (κ3) is 2.56. The van der Waals surface area contributed by atoms with Crippen molar-refractivity contribution in [2.75, 3.05) is 6.26 Å². The Labute approximate surface area is 92.9 Å². The summed E-state index contributed by atoms with van der Waals surface area (Å²) in [5.74, 6) is -0.0165. The van der Waals surface area contributed by atoms with Gasteiger partial charge in [0.1, 0.15) is 10.8 Å². The van der Waals surface area contributed by atoms with Crippen LogP contribution in [0.15, 0.2) is 0 Å². The topological polar surface area (TPSA) is 67.3 Å². The number of aliphatic hydroxyl groups excluding tert-OH is 1. The first-order valence-corrected chi connectivity index (χ1v) is 7.67. The quantitative estimate of drug-likeness (QED) is 0.848. The zero-order valence-corrected chi connectivity index (χ0v) is 10.1. The standard InChI is InChI=1S/C9H13NO3S2/c1-15(12,13)5-8-10-6-3-2-4-7(11)9(6)14-8/h7,11H,2-5H2,1H3. The Balaban J connectivity index is 2.29. The van der Waals surface area contributed by atoms with Gasteiger partial charge >= 0.3 is 0 Å². The maximum atomic E-state index is 11.1. The lowest BCUT2D eigenvalue weighted by atomic mass is 10.0. The second kappa shape index (κ2) is 3.84. The van der Waals surface area contributed by atoms with E-state index in [1.807, 2.05) is 0 Å². The lowest BCUT2D eigenvalue weighted by Gasteiger charge is -2.14. The largest absolute Gasteiger partial charge is 0.388 e. The van der Waals surface area contributed by atoms with Gasteiger partial charge < -0.3 is 5.11 Å². The summed E-state index contributed by atoms with van der Waals surface area (Å²) in [5.41, 5.74) is 0.886. The van der Waals surface area contributed by atoms with E-state index in [0.717, 1.165) is 29.8 Å². The predicted molar refractivity (Wildman–Crippen MR) is 58.6 cm³/mol. The number of hydrogen-bond donors (Lipinski definition) is 1. The fourth-order valence-electron chi connectivity index (χ4n) is 1.73. The summed E-state index contributed by atoms with van der Waals surface area (Å²) in [6.45, 7) is 0. The summed E-state index contributed by atoms with van der Waals surface area (Å²) in [6, 6.07) is 0. The van der Waals surface area contributed by atoms with Crippen LogP contribution >= 0.6 is 11.3 Å². The molecule has 1 aromatic rings. The van der Waals surface area contributed by atoms with Gasteiger partial charge in [-0.2, -0.15) is 0 Å². The van der Waals surface area contributed by atoms with Crippen LogP contribution in [0.25, 0.3) is 0 Å². The summed E-state index contributed by atoms with van der Waals surface area (Å²) in [5, 5.41) is 10.3. The molecule has 0 amide bonds. The number of rotatable bonds is 2. The van der Waals surface area contributed by atoms with Crippen molar-refractivity contribution in [3.8, 4) is 0 Å². The third-order valence-electron chi connectivity index (χ3n) is 2.35. The van der Waals surface area contributed by atoms with Crippen LogP contribution in [0.3, 0.4) is 0 Å². The molecule has 0 fully saturated rings. The molecule has 1 N–H and O–H groups in total. The van der Waals surface area contributed by atoms with Gasteiger partial charge in [-0.25, -0.2) is 13.4 Å². The van der Waals surface area contributed by atoms with E-state index in [1.165, 1.54) is 17.6 Å². The van der Waals surface area contributed by atoms with Gasteiger partial charge in [0, 0.05) is 6.26 Å². The zero-order valence-electron chi connectivity index (χ0n) is 8.43. The summed E-state index contributed by atoms with van der Waals surface area (Å²) in [4.78, 5) is 5.13. The van der Waals surface area contributed by atoms with Gasteiger partial charge in [-0.05, 0) is 19.3 Å². The van der Waals surface area contributed by atoms with Crippen LogP contribution in [-0.2, 0) is 22.0 Å². The fourth-order valence-corrected chi connectivity index (χ4v) is 4.05. The Hall–Kier alpha value is -0.460. The van der Waals surface area contributed by atoms with Crippen molar-refractivity contribution in [3.63, 3.8) is 0 Å². The maximum Gasteiger partial charge on any atom is 0.153 e. The Kier molecular flexibility index (Phi) is 2.83. The van der Waals surface area contributed by atoms with E-state index in [-0.39, 0.29) is 5.75 Å². The van der Waals surface area contributed by atoms with E-state index < -0.39 is 15.9 Å². The second-order valence-corrected chi connectivity index (χ2v) is 7.15. The summed E-state index contributed by atoms with van der Waals surface area (Å²) >= 11 is 1.33. The van der Waals surface area contributed by atoms with Crippen molar-refractivity contribution in [2.24, 2.45) is 0 Å². The first kappa shape index (κ1) is 11.0. The summed E-state index contributed by atoms with van der Waals surface area (Å²) < 4.78 is 22.2. The number of fused-ring (bicyclic) bond motifs is 1. The van der Waals surface area contributed by atoms with E-state index in [2.05, 4.69) is 4.98 Å². The number of aliphatic hydroxyl groups is 1. The second-order valence-electron chi connectivity index (χ2n) is 3.90. The highest BCUT2D eigenvalue weighted by Gasteiger charge is 2.23. The van der Waals surface area contributed by atoms with E-state index in [0.29, 0.717) is 5.01 Å². The molecule has 1 atom stereocenters. The Morgan fingerprint density at radius 3 is 2.93 bits per heavy atom. The number of hydrogen-bond acceptors (Lipinski definition) is 5. The van der Waals surface area contributed by atoms with Gasteiger partial charge in [0.25, 0.3) is 0 Å². The first-order chi connectivity index (χ1) is 6.96. The van der Waals surface area contributed by atoms with Crippen molar-refractivity contribution in [2.45, 2.75) is 31.1 Å². The highest BCUT2D eigenvalue weighted by Crippen LogP contribution is 2.34. The number of aromatic nitrogens is 1. The van der Waals surface area contributed by atoms with Gasteiger partial charge in [-0.1, -0.05) is 0 Å². The number of aryl methyl sites for hydroxylation is 1. The van der Waals surface area contributed by atoms with Crippen LogP contribution < -0.4 is 0 Å². The molecule has 1 aromatic heterocycles. The summed E-state index contributed by atoms with van der Waals surface area (Å²) in [7, 11) is -3.03. The molecule has 1 unspecified atom stereocenters. The van der Waals surface area contributed by atoms with Crippen molar-refractivity contribution >= 4 is 21.2 Å². The SMILES string of the molecule is CS(=O)(=O)Cc1nc2c(s1)C(O)CCC2. The highest BCUT2D eigenvalue weighted by atomic mass is 32.2. The third-order valence-corrected chi connectivity index (χ3v) is 4.53. The van der Waals surface area contributed by atoms with Crippen molar-refractivity contribution in [1.82, 2.24) is 4.98 Å². The molecule has 0 spiro atoms. The van der Waals surface area contributed by atoms with Gasteiger partial charge in [0.2, 0.25) is 0 Å². The molecule has 84 valence electrons. The predicted octanol–water partition coefficient (Wildman–Crippen LogP) is 1.06. The van der Waals surface area contributed by atoms with Crippen molar-refractivity contribution in [3.05, 3.63) is 15.6 Å². The fraction of sp³-hybridized carbons (Fsp3) is 0.667. The van der Waals surface area contributed by atoms with Gasteiger partial charge in [0.15, 0.2) is 9.84 Å². The van der Waals surface area contributed by atoms with E-state index in [1.54, 1.807) is 0 Å². The normalized spacial score (nSPS) is 21.3. The minimum Gasteiger partial charge on any atom is -0.388 e. The molecule has 0 aromatic carbocycles. The Morgan fingerprint density at radius 2 is 2.33 bits per heavy atom. The first-order valence-electron chi connectivity index (χ1n) is 4.80. The molecular formula is C9H13NO3S2. The minimum atomic E-state index is -3.03.